The van der Waals surface area contributed by atoms with E-state index in [1.165, 1.54) is 24.0 Å². The number of hydrogen-bond donors (Lipinski definition) is 3. The molecule has 0 spiro atoms. The predicted octanol–water partition coefficient (Wildman–Crippen LogP) is 2.86. The van der Waals surface area contributed by atoms with E-state index < -0.39 is 10.0 Å². The molecular formula is C19H24N4O2S. The normalized spacial score (nSPS) is 14.6. The minimum Gasteiger partial charge on any atom is -0.370 e. The van der Waals surface area contributed by atoms with Gasteiger partial charge in [-0.2, -0.15) is 0 Å². The highest BCUT2D eigenvalue weighted by molar-refractivity contribution is 7.92. The van der Waals surface area contributed by atoms with Crippen LogP contribution in [0, 0.1) is 0 Å². The quantitative estimate of drug-likeness (QED) is 0.555. The number of nitrogens with zero attached hydrogens (tertiary/aromatic N) is 1. The van der Waals surface area contributed by atoms with Crippen molar-refractivity contribution < 1.29 is 8.42 Å². The zero-order chi connectivity index (χ0) is 18.6. The third kappa shape index (κ3) is 4.98. The van der Waals surface area contributed by atoms with E-state index in [1.54, 1.807) is 12.1 Å². The van der Waals surface area contributed by atoms with Gasteiger partial charge in [0.1, 0.15) is 0 Å². The Morgan fingerprint density at radius 2 is 1.85 bits per heavy atom. The van der Waals surface area contributed by atoms with E-state index in [9.17, 15) is 8.42 Å². The molecule has 0 radical (unpaired) electrons. The highest BCUT2D eigenvalue weighted by Gasteiger charge is 2.13. The van der Waals surface area contributed by atoms with Gasteiger partial charge in [-0.15, -0.1) is 0 Å². The summed E-state index contributed by atoms with van der Waals surface area (Å²) >= 11 is 0. The van der Waals surface area contributed by atoms with Gasteiger partial charge < -0.3 is 11.1 Å². The van der Waals surface area contributed by atoms with Crippen molar-refractivity contribution in [3.63, 3.8) is 0 Å². The average molecular weight is 372 g/mol. The van der Waals surface area contributed by atoms with Crippen LogP contribution in [0.1, 0.15) is 29.5 Å². The molecule has 138 valence electrons. The number of nitrogens with two attached hydrogens (primary N) is 1. The number of guanidine groups is 1. The van der Waals surface area contributed by atoms with Gasteiger partial charge in [0.05, 0.1) is 12.8 Å². The van der Waals surface area contributed by atoms with Crippen LogP contribution in [0.3, 0.4) is 0 Å². The van der Waals surface area contributed by atoms with E-state index in [1.807, 2.05) is 24.3 Å². The van der Waals surface area contributed by atoms with Crippen LogP contribution in [-0.2, 0) is 29.4 Å². The fraction of sp³-hybridized carbons (Fsp3) is 0.316. The Kier molecular flexibility index (Phi) is 5.46. The number of fused-ring (bicyclic) bond motifs is 1. The molecule has 2 aromatic carbocycles. The van der Waals surface area contributed by atoms with E-state index in [2.05, 4.69) is 21.1 Å². The minimum absolute atomic E-state index is 0.377. The first-order chi connectivity index (χ1) is 12.4. The Hall–Kier alpha value is -2.54. The summed E-state index contributed by atoms with van der Waals surface area (Å²) in [4.78, 5) is 4.39. The van der Waals surface area contributed by atoms with Crippen molar-refractivity contribution in [1.29, 1.82) is 0 Å². The largest absolute Gasteiger partial charge is 0.370 e. The van der Waals surface area contributed by atoms with Gasteiger partial charge in [-0.25, -0.2) is 13.4 Å². The van der Waals surface area contributed by atoms with Crippen molar-refractivity contribution in [3.05, 3.63) is 59.2 Å². The van der Waals surface area contributed by atoms with Gasteiger partial charge >= 0.3 is 0 Å². The Balaban J connectivity index is 1.64. The van der Waals surface area contributed by atoms with Crippen LogP contribution in [0.4, 0.5) is 11.4 Å². The van der Waals surface area contributed by atoms with Crippen LogP contribution in [0.25, 0.3) is 0 Å². The van der Waals surface area contributed by atoms with Crippen molar-refractivity contribution in [3.8, 4) is 0 Å². The van der Waals surface area contributed by atoms with Crippen molar-refractivity contribution >= 4 is 27.4 Å². The minimum atomic E-state index is -3.27. The van der Waals surface area contributed by atoms with Crippen LogP contribution in [0.5, 0.6) is 0 Å². The summed E-state index contributed by atoms with van der Waals surface area (Å²) in [6.07, 6.45) is 5.76. The number of aliphatic imine (C=N–C) groups is 1. The lowest BCUT2D eigenvalue weighted by atomic mass is 9.90. The topological polar surface area (TPSA) is 96.6 Å². The van der Waals surface area contributed by atoms with Crippen LogP contribution in [-0.4, -0.2) is 20.6 Å². The van der Waals surface area contributed by atoms with E-state index in [0.29, 0.717) is 18.2 Å². The predicted molar refractivity (Wildman–Crippen MR) is 107 cm³/mol. The maximum absolute atomic E-state index is 11.2. The van der Waals surface area contributed by atoms with Gasteiger partial charge in [-0.05, 0) is 60.6 Å². The van der Waals surface area contributed by atoms with Crippen molar-refractivity contribution in [2.24, 2.45) is 10.7 Å². The number of rotatable bonds is 5. The number of nitrogens with one attached hydrogen (secondary N) is 2. The number of anilines is 2. The molecule has 1 aliphatic rings. The summed E-state index contributed by atoms with van der Waals surface area (Å²) in [5.74, 6) is 0.377. The van der Waals surface area contributed by atoms with Gasteiger partial charge in [-0.3, -0.25) is 4.72 Å². The third-order valence-corrected chi connectivity index (χ3v) is 4.95. The molecule has 2 aromatic rings. The Morgan fingerprint density at radius 3 is 2.58 bits per heavy atom. The maximum Gasteiger partial charge on any atom is 0.229 e. The second-order valence-electron chi connectivity index (χ2n) is 6.55. The molecule has 0 aliphatic heterocycles. The lowest BCUT2D eigenvalue weighted by molar-refractivity contribution is 0.607. The first-order valence-electron chi connectivity index (χ1n) is 8.65. The van der Waals surface area contributed by atoms with Gasteiger partial charge in [0.15, 0.2) is 5.96 Å². The first-order valence-corrected chi connectivity index (χ1v) is 10.5. The van der Waals surface area contributed by atoms with Gasteiger partial charge in [0, 0.05) is 11.4 Å². The highest BCUT2D eigenvalue weighted by Crippen LogP contribution is 2.27. The molecule has 0 unspecified atom stereocenters. The second-order valence-corrected chi connectivity index (χ2v) is 8.30. The Morgan fingerprint density at radius 1 is 1.12 bits per heavy atom. The molecule has 6 nitrogen and oxygen atoms in total. The van der Waals surface area contributed by atoms with Gasteiger partial charge in [0.25, 0.3) is 0 Å². The van der Waals surface area contributed by atoms with Crippen LogP contribution >= 0.6 is 0 Å². The zero-order valence-electron chi connectivity index (χ0n) is 14.8. The standard InChI is InChI=1S/C19H24N4O2S/c1-26(24,25)23-16-11-9-14(10-12-16)13-21-19(20)22-18-8-4-6-15-5-2-3-7-17(15)18/h4,6,8-12,23H,2-3,5,7,13H2,1H3,(H3,20,21,22). The monoisotopic (exact) mass is 372 g/mol. The summed E-state index contributed by atoms with van der Waals surface area (Å²) in [7, 11) is -3.27. The molecule has 7 heteroatoms. The lowest BCUT2D eigenvalue weighted by Crippen LogP contribution is -2.24. The van der Waals surface area contributed by atoms with Gasteiger partial charge in [0.2, 0.25) is 10.0 Å². The van der Waals surface area contributed by atoms with Crippen molar-refractivity contribution in [2.45, 2.75) is 32.2 Å². The van der Waals surface area contributed by atoms with Crippen LogP contribution in [0.2, 0.25) is 0 Å². The SMILES string of the molecule is CS(=O)(=O)Nc1ccc(CN=C(N)Nc2cccc3c2CCCC3)cc1. The van der Waals surface area contributed by atoms with Gasteiger partial charge in [-0.1, -0.05) is 24.3 Å². The molecule has 3 rings (SSSR count). The molecule has 26 heavy (non-hydrogen) atoms. The Labute approximate surface area is 154 Å². The molecule has 0 amide bonds. The molecule has 0 aromatic heterocycles. The lowest BCUT2D eigenvalue weighted by Gasteiger charge is -2.19. The fourth-order valence-corrected chi connectivity index (χ4v) is 3.71. The van der Waals surface area contributed by atoms with E-state index in [-0.39, 0.29) is 0 Å². The van der Waals surface area contributed by atoms with Crippen molar-refractivity contribution in [1.82, 2.24) is 0 Å². The molecule has 1 aliphatic carbocycles. The molecule has 0 fully saturated rings. The number of aryl methyl sites for hydroxylation is 1. The summed E-state index contributed by atoms with van der Waals surface area (Å²) in [6, 6.07) is 13.3. The number of benzene rings is 2. The fourth-order valence-electron chi connectivity index (χ4n) is 3.14. The summed E-state index contributed by atoms with van der Waals surface area (Å²) in [6.45, 7) is 0.424. The summed E-state index contributed by atoms with van der Waals surface area (Å²) in [5, 5.41) is 3.22. The molecule has 0 bridgehead atoms. The second kappa shape index (κ2) is 7.78. The summed E-state index contributed by atoms with van der Waals surface area (Å²) in [5.41, 5.74) is 11.3. The average Bonchev–Trinajstić information content (AvgIpc) is 2.60. The third-order valence-electron chi connectivity index (χ3n) is 4.35. The zero-order valence-corrected chi connectivity index (χ0v) is 15.6. The highest BCUT2D eigenvalue weighted by atomic mass is 32.2. The molecule has 0 saturated heterocycles. The van der Waals surface area contributed by atoms with Crippen LogP contribution in [0.15, 0.2) is 47.5 Å². The van der Waals surface area contributed by atoms with E-state index in [0.717, 1.165) is 30.3 Å². The number of sulfonamides is 1. The Bertz CT molecular complexity index is 906. The maximum atomic E-state index is 11.2. The van der Waals surface area contributed by atoms with Crippen LogP contribution < -0.4 is 15.8 Å². The molecule has 0 heterocycles. The van der Waals surface area contributed by atoms with Crippen molar-refractivity contribution in [2.75, 3.05) is 16.3 Å². The molecule has 0 atom stereocenters. The van der Waals surface area contributed by atoms with E-state index in [4.69, 9.17) is 5.73 Å². The summed E-state index contributed by atoms with van der Waals surface area (Å²) < 4.78 is 24.9. The number of hydrogen-bond acceptors (Lipinski definition) is 3. The van der Waals surface area contributed by atoms with E-state index >= 15 is 0 Å². The molecule has 0 saturated carbocycles. The first kappa shape index (κ1) is 18.3. The molecule has 4 N–H and O–H groups in total. The smallest absolute Gasteiger partial charge is 0.229 e. The molecular weight excluding hydrogens is 348 g/mol.